The fourth-order valence-corrected chi connectivity index (χ4v) is 3.06. The molecular formula is C18H14O4. The zero-order valence-electron chi connectivity index (χ0n) is 11.8. The average molecular weight is 294 g/mol. The van der Waals surface area contributed by atoms with E-state index in [1.54, 1.807) is 6.07 Å². The van der Waals surface area contributed by atoms with Gasteiger partial charge in [0.2, 0.25) is 0 Å². The third kappa shape index (κ3) is 1.81. The summed E-state index contributed by atoms with van der Waals surface area (Å²) >= 11 is 0. The predicted octanol–water partition coefficient (Wildman–Crippen LogP) is 2.37. The van der Waals surface area contributed by atoms with Crippen LogP contribution in [0.25, 0.3) is 5.57 Å². The van der Waals surface area contributed by atoms with Gasteiger partial charge in [0.05, 0.1) is 18.8 Å². The maximum Gasteiger partial charge on any atom is 0.342 e. The normalized spacial score (nSPS) is 23.6. The van der Waals surface area contributed by atoms with Gasteiger partial charge in [-0.25, -0.2) is 4.79 Å². The number of hydrogen-bond donors (Lipinski definition) is 1. The molecule has 1 N–H and O–H groups in total. The Morgan fingerprint density at radius 1 is 0.955 bits per heavy atom. The number of fused-ring (bicyclic) bond motifs is 3. The van der Waals surface area contributed by atoms with Gasteiger partial charge < -0.3 is 14.6 Å². The molecule has 0 spiro atoms. The summed E-state index contributed by atoms with van der Waals surface area (Å²) in [5.41, 5.74) is 2.97. The van der Waals surface area contributed by atoms with Gasteiger partial charge in [-0.2, -0.15) is 0 Å². The van der Waals surface area contributed by atoms with E-state index in [1.807, 2.05) is 48.5 Å². The summed E-state index contributed by atoms with van der Waals surface area (Å²) in [6, 6.07) is 16.5. The van der Waals surface area contributed by atoms with E-state index in [-0.39, 0.29) is 6.61 Å². The molecule has 4 heteroatoms. The molecule has 0 saturated heterocycles. The highest BCUT2D eigenvalue weighted by Gasteiger charge is 2.50. The number of benzene rings is 2. The van der Waals surface area contributed by atoms with Crippen LogP contribution in [0, 0.1) is 0 Å². The van der Waals surface area contributed by atoms with E-state index >= 15 is 0 Å². The molecule has 1 unspecified atom stereocenters. The Hall–Kier alpha value is -2.43. The Morgan fingerprint density at radius 2 is 1.68 bits per heavy atom. The maximum atomic E-state index is 12.4. The number of aliphatic hydroxyl groups is 1. The highest BCUT2D eigenvalue weighted by Crippen LogP contribution is 2.45. The highest BCUT2D eigenvalue weighted by molar-refractivity contribution is 6.20. The van der Waals surface area contributed by atoms with Gasteiger partial charge >= 0.3 is 5.97 Å². The van der Waals surface area contributed by atoms with Crippen molar-refractivity contribution < 1.29 is 19.4 Å². The summed E-state index contributed by atoms with van der Waals surface area (Å²) in [6.07, 6.45) is 0. The van der Waals surface area contributed by atoms with Crippen LogP contribution in [0.4, 0.5) is 0 Å². The van der Waals surface area contributed by atoms with Gasteiger partial charge in [0.1, 0.15) is 0 Å². The molecule has 1 atom stereocenters. The van der Waals surface area contributed by atoms with Crippen molar-refractivity contribution in [3.8, 4) is 0 Å². The fourth-order valence-electron chi connectivity index (χ4n) is 3.06. The lowest BCUT2D eigenvalue weighted by Gasteiger charge is -2.24. The first-order valence-corrected chi connectivity index (χ1v) is 7.11. The molecule has 2 heterocycles. The van der Waals surface area contributed by atoms with Crippen molar-refractivity contribution in [2.45, 2.75) is 12.4 Å². The SMILES string of the molecule is O=C1OC2(O)C(=C1c1ccccc1)COCc1ccccc12. The average Bonchev–Trinajstić information content (AvgIpc) is 2.71. The number of rotatable bonds is 1. The molecule has 4 rings (SSSR count). The largest absolute Gasteiger partial charge is 0.421 e. The second-order valence-corrected chi connectivity index (χ2v) is 5.40. The molecule has 0 bridgehead atoms. The molecule has 0 saturated carbocycles. The van der Waals surface area contributed by atoms with Gasteiger partial charge in [-0.3, -0.25) is 0 Å². The second kappa shape index (κ2) is 4.80. The molecule has 2 aliphatic heterocycles. The minimum absolute atomic E-state index is 0.154. The van der Waals surface area contributed by atoms with Gasteiger partial charge in [-0.1, -0.05) is 54.6 Å². The van der Waals surface area contributed by atoms with Crippen molar-refractivity contribution in [2.24, 2.45) is 0 Å². The van der Waals surface area contributed by atoms with Crippen LogP contribution in [0.3, 0.4) is 0 Å². The quantitative estimate of drug-likeness (QED) is 0.820. The van der Waals surface area contributed by atoms with Crippen molar-refractivity contribution in [3.63, 3.8) is 0 Å². The molecule has 2 aliphatic rings. The zero-order valence-corrected chi connectivity index (χ0v) is 11.8. The number of carbonyl (C=O) groups is 1. The van der Waals surface area contributed by atoms with E-state index < -0.39 is 11.8 Å². The number of ether oxygens (including phenoxy) is 2. The molecule has 2 aromatic carbocycles. The first kappa shape index (κ1) is 13.2. The van der Waals surface area contributed by atoms with Crippen LogP contribution in [0.1, 0.15) is 16.7 Å². The van der Waals surface area contributed by atoms with E-state index in [0.717, 1.165) is 11.1 Å². The molecule has 110 valence electrons. The predicted molar refractivity (Wildman–Crippen MR) is 79.4 cm³/mol. The number of carbonyl (C=O) groups excluding carboxylic acids is 1. The summed E-state index contributed by atoms with van der Waals surface area (Å²) in [7, 11) is 0. The minimum Gasteiger partial charge on any atom is -0.421 e. The van der Waals surface area contributed by atoms with Gasteiger partial charge in [-0.15, -0.1) is 0 Å². The summed E-state index contributed by atoms with van der Waals surface area (Å²) in [6.45, 7) is 0.531. The van der Waals surface area contributed by atoms with Crippen LogP contribution in [0.15, 0.2) is 60.2 Å². The maximum absolute atomic E-state index is 12.4. The summed E-state index contributed by atoms with van der Waals surface area (Å²) in [5, 5.41) is 11.1. The fraction of sp³-hybridized carbons (Fsp3) is 0.167. The van der Waals surface area contributed by atoms with E-state index in [2.05, 4.69) is 0 Å². The number of esters is 1. The minimum atomic E-state index is -1.74. The van der Waals surface area contributed by atoms with E-state index in [1.165, 1.54) is 0 Å². The van der Waals surface area contributed by atoms with Gasteiger partial charge in [-0.05, 0) is 11.1 Å². The van der Waals surface area contributed by atoms with Crippen molar-refractivity contribution in [3.05, 3.63) is 76.9 Å². The standard InChI is InChI=1S/C18H14O4/c19-17-16(12-6-2-1-3-7-12)15-11-21-10-13-8-4-5-9-14(13)18(15,20)22-17/h1-9,20H,10-11H2. The molecular weight excluding hydrogens is 280 g/mol. The van der Waals surface area contributed by atoms with Crippen LogP contribution in [-0.4, -0.2) is 17.7 Å². The third-order valence-electron chi connectivity index (χ3n) is 4.10. The first-order chi connectivity index (χ1) is 10.7. The lowest BCUT2D eigenvalue weighted by Crippen LogP contribution is -2.30. The molecule has 0 radical (unpaired) electrons. The lowest BCUT2D eigenvalue weighted by molar-refractivity contribution is -0.185. The molecule has 0 amide bonds. The Bertz CT molecular complexity index is 779. The molecule has 2 aromatic rings. The molecule has 0 fully saturated rings. The highest BCUT2D eigenvalue weighted by atomic mass is 16.7. The smallest absolute Gasteiger partial charge is 0.342 e. The van der Waals surface area contributed by atoms with Crippen LogP contribution in [-0.2, 0) is 26.7 Å². The lowest BCUT2D eigenvalue weighted by atomic mass is 9.91. The second-order valence-electron chi connectivity index (χ2n) is 5.40. The number of hydrogen-bond acceptors (Lipinski definition) is 4. The van der Waals surface area contributed by atoms with E-state index in [9.17, 15) is 9.90 Å². The molecule has 22 heavy (non-hydrogen) atoms. The van der Waals surface area contributed by atoms with E-state index in [4.69, 9.17) is 9.47 Å². The van der Waals surface area contributed by atoms with Crippen molar-refractivity contribution >= 4 is 11.5 Å². The van der Waals surface area contributed by atoms with Crippen LogP contribution in [0.2, 0.25) is 0 Å². The topological polar surface area (TPSA) is 55.8 Å². The van der Waals surface area contributed by atoms with Crippen molar-refractivity contribution in [1.82, 2.24) is 0 Å². The monoisotopic (exact) mass is 294 g/mol. The van der Waals surface area contributed by atoms with Crippen molar-refractivity contribution in [1.29, 1.82) is 0 Å². The Kier molecular flexibility index (Phi) is 2.89. The Labute approximate surface area is 127 Å². The van der Waals surface area contributed by atoms with Crippen LogP contribution < -0.4 is 0 Å². The van der Waals surface area contributed by atoms with Gasteiger partial charge in [0, 0.05) is 11.1 Å². The third-order valence-corrected chi connectivity index (χ3v) is 4.10. The first-order valence-electron chi connectivity index (χ1n) is 7.11. The summed E-state index contributed by atoms with van der Waals surface area (Å²) in [4.78, 5) is 12.4. The summed E-state index contributed by atoms with van der Waals surface area (Å²) < 4.78 is 11.0. The Balaban J connectivity index is 1.96. The van der Waals surface area contributed by atoms with E-state index in [0.29, 0.717) is 23.3 Å². The van der Waals surface area contributed by atoms with Gasteiger partial charge in [0.15, 0.2) is 0 Å². The van der Waals surface area contributed by atoms with Crippen LogP contribution in [0.5, 0.6) is 0 Å². The van der Waals surface area contributed by atoms with Crippen molar-refractivity contribution in [2.75, 3.05) is 6.61 Å². The van der Waals surface area contributed by atoms with Crippen LogP contribution >= 0.6 is 0 Å². The summed E-state index contributed by atoms with van der Waals surface area (Å²) in [5.74, 6) is -2.26. The van der Waals surface area contributed by atoms with Gasteiger partial charge in [0.25, 0.3) is 5.79 Å². The molecule has 0 aliphatic carbocycles. The zero-order chi connectivity index (χ0) is 15.2. The molecule has 4 nitrogen and oxygen atoms in total. The molecule has 0 aromatic heterocycles. The Morgan fingerprint density at radius 3 is 2.50 bits per heavy atom.